The molecule has 1 aromatic rings. The van der Waals surface area contributed by atoms with E-state index in [2.05, 4.69) is 6.07 Å². The van der Waals surface area contributed by atoms with Crippen LogP contribution in [-0.2, 0) is 19.5 Å². The second kappa shape index (κ2) is 5.14. The van der Waals surface area contributed by atoms with Gasteiger partial charge in [0.25, 0.3) is 0 Å². The quantitative estimate of drug-likeness (QED) is 0.535. The maximum Gasteiger partial charge on any atom is 2.00 e. The van der Waals surface area contributed by atoms with Crippen molar-refractivity contribution in [1.29, 1.82) is 0 Å². The molecule has 0 aliphatic rings. The number of ether oxygens (including phenoxy) is 2. The van der Waals surface area contributed by atoms with Crippen molar-refractivity contribution < 1.29 is 29.0 Å². The van der Waals surface area contributed by atoms with Crippen molar-refractivity contribution in [2.75, 3.05) is 14.2 Å². The molecule has 54 valence electrons. The summed E-state index contributed by atoms with van der Waals surface area (Å²) in [5.74, 6) is 1.45. The normalized spacial score (nSPS) is 8.18. The zero-order chi connectivity index (χ0) is 7.40. The number of methoxy groups -OCH3 is 2. The fourth-order valence-electron chi connectivity index (χ4n) is 0.729. The van der Waals surface area contributed by atoms with Crippen molar-refractivity contribution >= 4 is 0 Å². The van der Waals surface area contributed by atoms with E-state index in [1.54, 1.807) is 32.4 Å². The minimum absolute atomic E-state index is 0. The van der Waals surface area contributed by atoms with Crippen LogP contribution in [0.4, 0.5) is 0 Å². The van der Waals surface area contributed by atoms with Crippen LogP contribution in [0.25, 0.3) is 0 Å². The van der Waals surface area contributed by atoms with Crippen LogP contribution in [0.15, 0.2) is 18.2 Å². The van der Waals surface area contributed by atoms with Gasteiger partial charge in [0, 0.05) is 5.75 Å². The summed E-state index contributed by atoms with van der Waals surface area (Å²) in [6.45, 7) is 0. The minimum Gasteiger partial charge on any atom is -0.551 e. The number of hydrogen-bond acceptors (Lipinski definition) is 2. The molecule has 1 aromatic carbocycles. The molecular formula is C8H9O2Zn+. The third kappa shape index (κ3) is 2.51. The Morgan fingerprint density at radius 3 is 2.27 bits per heavy atom. The Morgan fingerprint density at radius 1 is 1.18 bits per heavy atom. The Bertz CT molecular complexity index is 190. The van der Waals surface area contributed by atoms with Gasteiger partial charge in [-0.3, -0.25) is 0 Å². The third-order valence-corrected chi connectivity index (χ3v) is 1.23. The van der Waals surface area contributed by atoms with Crippen LogP contribution >= 0.6 is 0 Å². The second-order valence-corrected chi connectivity index (χ2v) is 1.78. The van der Waals surface area contributed by atoms with Crippen LogP contribution < -0.4 is 9.47 Å². The Morgan fingerprint density at radius 2 is 1.82 bits per heavy atom. The van der Waals surface area contributed by atoms with Gasteiger partial charge in [-0.25, -0.2) is 0 Å². The summed E-state index contributed by atoms with van der Waals surface area (Å²) < 4.78 is 9.97. The monoisotopic (exact) mass is 201 g/mol. The summed E-state index contributed by atoms with van der Waals surface area (Å²) in [5.41, 5.74) is 0. The summed E-state index contributed by atoms with van der Waals surface area (Å²) >= 11 is 0. The Labute approximate surface area is 79.3 Å². The Kier molecular flexibility index (Phi) is 4.88. The molecule has 0 aliphatic heterocycles. The standard InChI is InChI=1S/C8H9O2.Zn/c1-9-7-5-3-4-6-8(7)10-2;/h3,5-6H,1-2H3;/q-1;+2. The second-order valence-electron chi connectivity index (χ2n) is 1.78. The van der Waals surface area contributed by atoms with Crippen molar-refractivity contribution in [3.8, 4) is 11.5 Å². The fourth-order valence-corrected chi connectivity index (χ4v) is 0.729. The smallest absolute Gasteiger partial charge is 0.551 e. The number of hydrogen-bond donors (Lipinski definition) is 0. The van der Waals surface area contributed by atoms with Crippen LogP contribution in [0.2, 0.25) is 0 Å². The van der Waals surface area contributed by atoms with Crippen molar-refractivity contribution in [3.05, 3.63) is 24.3 Å². The molecule has 0 fully saturated rings. The van der Waals surface area contributed by atoms with Gasteiger partial charge in [-0.1, -0.05) is 0 Å². The van der Waals surface area contributed by atoms with Crippen LogP contribution in [-0.4, -0.2) is 14.2 Å². The van der Waals surface area contributed by atoms with Gasteiger partial charge in [0.1, 0.15) is 0 Å². The zero-order valence-corrected chi connectivity index (χ0v) is 9.72. The molecule has 3 heteroatoms. The maximum absolute atomic E-state index is 4.99. The predicted molar refractivity (Wildman–Crippen MR) is 38.4 cm³/mol. The molecule has 0 unspecified atom stereocenters. The average Bonchev–Trinajstić information content (AvgIpc) is 2.04. The van der Waals surface area contributed by atoms with Gasteiger partial charge in [-0.05, 0) is 0 Å². The molecule has 0 amide bonds. The van der Waals surface area contributed by atoms with Crippen LogP contribution in [0.5, 0.6) is 11.5 Å². The molecule has 0 saturated carbocycles. The van der Waals surface area contributed by atoms with E-state index >= 15 is 0 Å². The van der Waals surface area contributed by atoms with Crippen LogP contribution in [0.1, 0.15) is 0 Å². The molecule has 11 heavy (non-hydrogen) atoms. The molecule has 0 heterocycles. The molecular weight excluding hydrogens is 193 g/mol. The molecule has 0 radical (unpaired) electrons. The molecule has 0 atom stereocenters. The average molecular weight is 203 g/mol. The summed E-state index contributed by atoms with van der Waals surface area (Å²) in [6, 6.07) is 8.20. The van der Waals surface area contributed by atoms with Crippen molar-refractivity contribution in [2.24, 2.45) is 0 Å². The first-order valence-electron chi connectivity index (χ1n) is 2.96. The van der Waals surface area contributed by atoms with Gasteiger partial charge in [0.05, 0.1) is 20.0 Å². The first-order chi connectivity index (χ1) is 4.88. The molecule has 0 saturated heterocycles. The van der Waals surface area contributed by atoms with E-state index in [-0.39, 0.29) is 19.5 Å². The molecule has 0 spiro atoms. The Balaban J connectivity index is 0.000001000. The van der Waals surface area contributed by atoms with E-state index in [0.717, 1.165) is 5.75 Å². The SMILES string of the molecule is COc1c[c-]ccc1OC.[Zn+2]. The number of rotatable bonds is 2. The summed E-state index contributed by atoms with van der Waals surface area (Å²) in [6.07, 6.45) is 0. The molecule has 0 N–H and O–H groups in total. The van der Waals surface area contributed by atoms with Gasteiger partial charge in [0.2, 0.25) is 0 Å². The minimum atomic E-state index is 0. The maximum atomic E-state index is 4.99. The van der Waals surface area contributed by atoms with Gasteiger partial charge in [-0.2, -0.15) is 12.1 Å². The fraction of sp³-hybridized carbons (Fsp3) is 0.250. The van der Waals surface area contributed by atoms with Crippen molar-refractivity contribution in [1.82, 2.24) is 0 Å². The topological polar surface area (TPSA) is 18.5 Å². The van der Waals surface area contributed by atoms with E-state index in [9.17, 15) is 0 Å². The van der Waals surface area contributed by atoms with Gasteiger partial charge >= 0.3 is 19.5 Å². The van der Waals surface area contributed by atoms with E-state index in [1.165, 1.54) is 0 Å². The largest absolute Gasteiger partial charge is 2.00 e. The van der Waals surface area contributed by atoms with Gasteiger partial charge < -0.3 is 9.47 Å². The molecule has 0 bridgehead atoms. The molecule has 2 nitrogen and oxygen atoms in total. The Hall–Kier alpha value is -0.557. The van der Waals surface area contributed by atoms with Crippen LogP contribution in [0, 0.1) is 6.07 Å². The molecule has 0 aromatic heterocycles. The van der Waals surface area contributed by atoms with E-state index in [0.29, 0.717) is 5.75 Å². The summed E-state index contributed by atoms with van der Waals surface area (Å²) in [7, 11) is 3.21. The van der Waals surface area contributed by atoms with Gasteiger partial charge in [-0.15, -0.1) is 12.1 Å². The number of benzene rings is 1. The van der Waals surface area contributed by atoms with Crippen molar-refractivity contribution in [2.45, 2.75) is 0 Å². The van der Waals surface area contributed by atoms with E-state index in [4.69, 9.17) is 9.47 Å². The molecule has 1 rings (SSSR count). The van der Waals surface area contributed by atoms with E-state index < -0.39 is 0 Å². The van der Waals surface area contributed by atoms with Crippen molar-refractivity contribution in [3.63, 3.8) is 0 Å². The van der Waals surface area contributed by atoms with Gasteiger partial charge in [0.15, 0.2) is 0 Å². The van der Waals surface area contributed by atoms with Crippen LogP contribution in [0.3, 0.4) is 0 Å². The molecule has 0 aliphatic carbocycles. The first-order valence-corrected chi connectivity index (χ1v) is 2.96. The summed E-state index contributed by atoms with van der Waals surface area (Å²) in [5, 5.41) is 0. The summed E-state index contributed by atoms with van der Waals surface area (Å²) in [4.78, 5) is 0. The first kappa shape index (κ1) is 10.4. The zero-order valence-electron chi connectivity index (χ0n) is 6.76. The van der Waals surface area contributed by atoms with E-state index in [1.807, 2.05) is 0 Å². The third-order valence-electron chi connectivity index (χ3n) is 1.23. The predicted octanol–water partition coefficient (Wildman–Crippen LogP) is 1.50.